The predicted molar refractivity (Wildman–Crippen MR) is 72.0 cm³/mol. The third-order valence-corrected chi connectivity index (χ3v) is 3.42. The van der Waals surface area contributed by atoms with Crippen molar-refractivity contribution < 1.29 is 0 Å². The SMILES string of the molecule is Cc1ccnc2c1[nH]c(=S)n2Cc1nccn1C. The molecule has 0 aromatic carbocycles. The number of hydrogen-bond acceptors (Lipinski definition) is 3. The Morgan fingerprint density at radius 3 is 2.89 bits per heavy atom. The van der Waals surface area contributed by atoms with Gasteiger partial charge in [-0.3, -0.25) is 4.57 Å². The zero-order valence-corrected chi connectivity index (χ0v) is 11.0. The highest BCUT2D eigenvalue weighted by atomic mass is 32.1. The van der Waals surface area contributed by atoms with Crippen LogP contribution in [0.1, 0.15) is 11.4 Å². The molecule has 0 radical (unpaired) electrons. The largest absolute Gasteiger partial charge is 0.337 e. The number of hydrogen-bond donors (Lipinski definition) is 1. The second kappa shape index (κ2) is 4.06. The van der Waals surface area contributed by atoms with Crippen molar-refractivity contribution in [3.8, 4) is 0 Å². The third kappa shape index (κ3) is 1.65. The Morgan fingerprint density at radius 2 is 2.17 bits per heavy atom. The van der Waals surface area contributed by atoms with Crippen molar-refractivity contribution in [2.75, 3.05) is 0 Å². The first-order valence-electron chi connectivity index (χ1n) is 5.67. The van der Waals surface area contributed by atoms with Gasteiger partial charge in [0.2, 0.25) is 0 Å². The van der Waals surface area contributed by atoms with Gasteiger partial charge in [-0.25, -0.2) is 9.97 Å². The van der Waals surface area contributed by atoms with E-state index in [4.69, 9.17) is 12.2 Å². The maximum absolute atomic E-state index is 5.36. The Bertz CT molecular complexity index is 764. The van der Waals surface area contributed by atoms with Crippen molar-refractivity contribution in [2.24, 2.45) is 7.05 Å². The van der Waals surface area contributed by atoms with Crippen LogP contribution in [0.25, 0.3) is 11.2 Å². The van der Waals surface area contributed by atoms with E-state index in [1.165, 1.54) is 0 Å². The maximum atomic E-state index is 5.36. The van der Waals surface area contributed by atoms with E-state index in [2.05, 4.69) is 15.0 Å². The molecule has 0 saturated carbocycles. The molecule has 0 aliphatic carbocycles. The summed E-state index contributed by atoms with van der Waals surface area (Å²) in [6.45, 7) is 2.67. The summed E-state index contributed by atoms with van der Waals surface area (Å²) in [5.41, 5.74) is 3.02. The summed E-state index contributed by atoms with van der Waals surface area (Å²) in [5.74, 6) is 0.954. The Hall–Kier alpha value is -1.95. The molecule has 1 N–H and O–H groups in total. The van der Waals surface area contributed by atoms with Crippen molar-refractivity contribution in [1.82, 2.24) is 24.1 Å². The molecule has 92 valence electrons. The minimum absolute atomic E-state index is 0.624. The number of pyridine rings is 1. The van der Waals surface area contributed by atoms with Gasteiger partial charge >= 0.3 is 0 Å². The summed E-state index contributed by atoms with van der Waals surface area (Å²) in [6.07, 6.45) is 5.51. The summed E-state index contributed by atoms with van der Waals surface area (Å²) in [4.78, 5) is 11.9. The first kappa shape index (κ1) is 11.2. The van der Waals surface area contributed by atoms with E-state index >= 15 is 0 Å². The van der Waals surface area contributed by atoms with Gasteiger partial charge in [0.05, 0.1) is 12.1 Å². The molecule has 0 saturated heterocycles. The lowest BCUT2D eigenvalue weighted by Gasteiger charge is -2.04. The van der Waals surface area contributed by atoms with Crippen molar-refractivity contribution in [3.63, 3.8) is 0 Å². The van der Waals surface area contributed by atoms with Crippen LogP contribution in [0.3, 0.4) is 0 Å². The molecule has 0 bridgehead atoms. The lowest BCUT2D eigenvalue weighted by atomic mass is 10.3. The highest BCUT2D eigenvalue weighted by Crippen LogP contribution is 2.16. The zero-order valence-electron chi connectivity index (χ0n) is 10.2. The second-order valence-corrected chi connectivity index (χ2v) is 4.68. The number of fused-ring (bicyclic) bond motifs is 1. The van der Waals surface area contributed by atoms with Crippen LogP contribution in [0.5, 0.6) is 0 Å². The van der Waals surface area contributed by atoms with Crippen molar-refractivity contribution >= 4 is 23.4 Å². The minimum Gasteiger partial charge on any atom is -0.337 e. The average Bonchev–Trinajstić information content (AvgIpc) is 2.87. The molecule has 3 rings (SSSR count). The van der Waals surface area contributed by atoms with Crippen molar-refractivity contribution in [3.05, 3.63) is 40.8 Å². The number of H-pyrrole nitrogens is 1. The minimum atomic E-state index is 0.624. The van der Waals surface area contributed by atoms with Crippen LogP contribution in [0, 0.1) is 11.7 Å². The quantitative estimate of drug-likeness (QED) is 0.718. The fourth-order valence-corrected chi connectivity index (χ4v) is 2.26. The van der Waals surface area contributed by atoms with E-state index in [-0.39, 0.29) is 0 Å². The molecule has 0 unspecified atom stereocenters. The molecule has 0 spiro atoms. The first-order chi connectivity index (χ1) is 8.66. The summed E-state index contributed by atoms with van der Waals surface area (Å²) < 4.78 is 4.63. The topological polar surface area (TPSA) is 51.4 Å². The normalized spacial score (nSPS) is 11.2. The fourth-order valence-electron chi connectivity index (χ4n) is 2.01. The zero-order chi connectivity index (χ0) is 12.7. The van der Waals surface area contributed by atoms with Gasteiger partial charge in [0, 0.05) is 25.6 Å². The molecule has 0 atom stereocenters. The van der Waals surface area contributed by atoms with Crippen LogP contribution in [-0.2, 0) is 13.6 Å². The number of aromatic amines is 1. The van der Waals surface area contributed by atoms with Gasteiger partial charge in [0.25, 0.3) is 0 Å². The molecule has 0 aliphatic heterocycles. The number of aryl methyl sites for hydroxylation is 2. The van der Waals surface area contributed by atoms with E-state index < -0.39 is 0 Å². The van der Waals surface area contributed by atoms with Gasteiger partial charge in [-0.1, -0.05) is 0 Å². The monoisotopic (exact) mass is 259 g/mol. The summed E-state index contributed by atoms with van der Waals surface area (Å²) in [5, 5.41) is 0. The molecule has 5 nitrogen and oxygen atoms in total. The first-order valence-corrected chi connectivity index (χ1v) is 6.08. The average molecular weight is 259 g/mol. The molecule has 6 heteroatoms. The molecular weight excluding hydrogens is 246 g/mol. The third-order valence-electron chi connectivity index (χ3n) is 3.09. The smallest absolute Gasteiger partial charge is 0.179 e. The lowest BCUT2D eigenvalue weighted by molar-refractivity contribution is 0.702. The molecule has 3 aromatic heterocycles. The molecule has 3 aromatic rings. The summed E-state index contributed by atoms with van der Waals surface area (Å²) in [7, 11) is 1.97. The van der Waals surface area contributed by atoms with E-state index in [1.54, 1.807) is 12.4 Å². The number of imidazole rings is 2. The van der Waals surface area contributed by atoms with E-state index in [9.17, 15) is 0 Å². The van der Waals surface area contributed by atoms with Gasteiger partial charge in [-0.2, -0.15) is 0 Å². The Morgan fingerprint density at radius 1 is 1.33 bits per heavy atom. The number of rotatable bonds is 2. The van der Waals surface area contributed by atoms with Gasteiger partial charge in [-0.05, 0) is 30.8 Å². The second-order valence-electron chi connectivity index (χ2n) is 4.30. The molecular formula is C12H13N5S. The predicted octanol–water partition coefficient (Wildman–Crippen LogP) is 2.18. The standard InChI is InChI=1S/C12H13N5S/c1-8-3-4-14-11-10(8)15-12(18)17(11)7-9-13-5-6-16(9)2/h3-6H,7H2,1-2H3,(H,15,18). The van der Waals surface area contributed by atoms with Gasteiger partial charge < -0.3 is 9.55 Å². The van der Waals surface area contributed by atoms with Crippen molar-refractivity contribution in [2.45, 2.75) is 13.5 Å². The molecule has 0 amide bonds. The lowest BCUT2D eigenvalue weighted by Crippen LogP contribution is -2.06. The molecule has 0 fully saturated rings. The molecule has 18 heavy (non-hydrogen) atoms. The van der Waals surface area contributed by atoms with Crippen LogP contribution < -0.4 is 0 Å². The van der Waals surface area contributed by atoms with Gasteiger partial charge in [0.1, 0.15) is 5.82 Å². The fraction of sp³-hybridized carbons (Fsp3) is 0.250. The number of nitrogens with zero attached hydrogens (tertiary/aromatic N) is 4. The van der Waals surface area contributed by atoms with Gasteiger partial charge in [-0.15, -0.1) is 0 Å². The molecule has 0 aliphatic rings. The van der Waals surface area contributed by atoms with Crippen LogP contribution in [0.2, 0.25) is 0 Å². The maximum Gasteiger partial charge on any atom is 0.179 e. The van der Waals surface area contributed by atoms with Gasteiger partial charge in [0.15, 0.2) is 10.4 Å². The van der Waals surface area contributed by atoms with E-state index in [0.29, 0.717) is 11.3 Å². The number of aromatic nitrogens is 5. The van der Waals surface area contributed by atoms with Crippen LogP contribution in [0.4, 0.5) is 0 Å². The highest BCUT2D eigenvalue weighted by Gasteiger charge is 2.09. The van der Waals surface area contributed by atoms with Crippen molar-refractivity contribution in [1.29, 1.82) is 0 Å². The Labute approximate surface area is 109 Å². The Kier molecular flexibility index (Phi) is 2.52. The summed E-state index contributed by atoms with van der Waals surface area (Å²) >= 11 is 5.36. The van der Waals surface area contributed by atoms with E-state index in [1.807, 2.05) is 35.4 Å². The van der Waals surface area contributed by atoms with E-state index in [0.717, 1.165) is 22.6 Å². The molecule has 3 heterocycles. The number of nitrogens with one attached hydrogen (secondary N) is 1. The van der Waals surface area contributed by atoms with Crippen LogP contribution in [0.15, 0.2) is 24.7 Å². The highest BCUT2D eigenvalue weighted by molar-refractivity contribution is 7.71. The Balaban J connectivity index is 2.18. The van der Waals surface area contributed by atoms with Crippen LogP contribution >= 0.6 is 12.2 Å². The summed E-state index contributed by atoms with van der Waals surface area (Å²) in [6, 6.07) is 1.97. The van der Waals surface area contributed by atoms with Crippen LogP contribution in [-0.4, -0.2) is 24.1 Å².